The lowest BCUT2D eigenvalue weighted by Gasteiger charge is -2.07. The summed E-state index contributed by atoms with van der Waals surface area (Å²) in [5.41, 5.74) is 0.358. The van der Waals surface area contributed by atoms with Crippen molar-refractivity contribution in [1.82, 2.24) is 0 Å². The number of anilines is 2. The molecule has 0 aliphatic heterocycles. The molecule has 2 amide bonds. The van der Waals surface area contributed by atoms with Crippen LogP contribution in [0.3, 0.4) is 0 Å². The number of hydrogen-bond acceptors (Lipinski definition) is 3. The predicted octanol–water partition coefficient (Wildman–Crippen LogP) is 2.63. The van der Waals surface area contributed by atoms with Crippen LogP contribution in [0.25, 0.3) is 0 Å². The van der Waals surface area contributed by atoms with Crippen LogP contribution < -0.4 is 10.6 Å². The van der Waals surface area contributed by atoms with Crippen molar-refractivity contribution in [2.75, 3.05) is 10.6 Å². The Bertz CT molecular complexity index is 608. The molecule has 19 heavy (non-hydrogen) atoms. The molecule has 0 bridgehead atoms. The molecule has 0 unspecified atom stereocenters. The van der Waals surface area contributed by atoms with Crippen LogP contribution in [0.4, 0.5) is 15.8 Å². The van der Waals surface area contributed by atoms with Crippen molar-refractivity contribution in [1.29, 1.82) is 0 Å². The molecule has 1 heterocycles. The molecule has 0 fully saturated rings. The Labute approximate surface area is 108 Å². The standard InChI is InChI=1S/C13H11FN2O3/c1-8(17)15-11-7-9(4-5-10(11)14)16-13(18)12-3-2-6-19-12/h2-7H,1H3,(H,15,17)(H,16,18). The Morgan fingerprint density at radius 2 is 2.00 bits per heavy atom. The summed E-state index contributed by atoms with van der Waals surface area (Å²) >= 11 is 0. The highest BCUT2D eigenvalue weighted by Crippen LogP contribution is 2.20. The van der Waals surface area contributed by atoms with E-state index in [1.165, 1.54) is 31.4 Å². The third-order valence-electron chi connectivity index (χ3n) is 2.28. The molecule has 1 aromatic heterocycles. The number of rotatable bonds is 3. The number of nitrogens with one attached hydrogen (secondary N) is 2. The maximum absolute atomic E-state index is 13.4. The summed E-state index contributed by atoms with van der Waals surface area (Å²) in [4.78, 5) is 22.6. The van der Waals surface area contributed by atoms with Gasteiger partial charge in [-0.05, 0) is 30.3 Å². The first-order chi connectivity index (χ1) is 9.06. The van der Waals surface area contributed by atoms with Crippen molar-refractivity contribution >= 4 is 23.2 Å². The fourth-order valence-electron chi connectivity index (χ4n) is 1.49. The highest BCUT2D eigenvalue weighted by Gasteiger charge is 2.10. The Morgan fingerprint density at radius 3 is 2.63 bits per heavy atom. The number of hydrogen-bond donors (Lipinski definition) is 2. The van der Waals surface area contributed by atoms with Crippen LogP contribution in [-0.2, 0) is 4.79 Å². The maximum Gasteiger partial charge on any atom is 0.291 e. The average Bonchev–Trinajstić information content (AvgIpc) is 2.86. The fourth-order valence-corrected chi connectivity index (χ4v) is 1.49. The first-order valence-electron chi connectivity index (χ1n) is 5.48. The van der Waals surface area contributed by atoms with Gasteiger partial charge in [-0.1, -0.05) is 0 Å². The molecular formula is C13H11FN2O3. The number of halogens is 1. The number of amides is 2. The number of carbonyl (C=O) groups is 2. The highest BCUT2D eigenvalue weighted by molar-refractivity contribution is 6.02. The third kappa shape index (κ3) is 3.19. The van der Waals surface area contributed by atoms with E-state index in [0.717, 1.165) is 6.07 Å². The van der Waals surface area contributed by atoms with Gasteiger partial charge in [0.15, 0.2) is 5.76 Å². The van der Waals surface area contributed by atoms with E-state index >= 15 is 0 Å². The van der Waals surface area contributed by atoms with Crippen molar-refractivity contribution < 1.29 is 18.4 Å². The van der Waals surface area contributed by atoms with E-state index in [-0.39, 0.29) is 11.4 Å². The van der Waals surface area contributed by atoms with Gasteiger partial charge in [0, 0.05) is 12.6 Å². The van der Waals surface area contributed by atoms with Gasteiger partial charge in [-0.15, -0.1) is 0 Å². The van der Waals surface area contributed by atoms with Gasteiger partial charge in [0.2, 0.25) is 5.91 Å². The molecule has 1 aromatic carbocycles. The second kappa shape index (κ2) is 5.34. The predicted molar refractivity (Wildman–Crippen MR) is 67.4 cm³/mol. The highest BCUT2D eigenvalue weighted by atomic mass is 19.1. The first-order valence-corrected chi connectivity index (χ1v) is 5.48. The van der Waals surface area contributed by atoms with Crippen molar-refractivity contribution in [2.45, 2.75) is 6.92 Å². The van der Waals surface area contributed by atoms with Crippen molar-refractivity contribution in [2.24, 2.45) is 0 Å². The summed E-state index contributed by atoms with van der Waals surface area (Å²) in [6, 6.07) is 6.97. The van der Waals surface area contributed by atoms with Crippen LogP contribution in [0.5, 0.6) is 0 Å². The van der Waals surface area contributed by atoms with Crippen LogP contribution in [-0.4, -0.2) is 11.8 Å². The minimum atomic E-state index is -0.578. The van der Waals surface area contributed by atoms with E-state index < -0.39 is 17.6 Å². The summed E-state index contributed by atoms with van der Waals surface area (Å²) in [5.74, 6) is -1.28. The second-order valence-electron chi connectivity index (χ2n) is 3.81. The molecule has 0 radical (unpaired) electrons. The van der Waals surface area contributed by atoms with Crippen LogP contribution >= 0.6 is 0 Å². The van der Waals surface area contributed by atoms with E-state index in [9.17, 15) is 14.0 Å². The van der Waals surface area contributed by atoms with Gasteiger partial charge in [0.25, 0.3) is 5.91 Å². The normalized spacial score (nSPS) is 10.0. The van der Waals surface area contributed by atoms with Crippen LogP contribution in [0.15, 0.2) is 41.0 Å². The molecule has 6 heteroatoms. The van der Waals surface area contributed by atoms with Crippen molar-refractivity contribution in [3.63, 3.8) is 0 Å². The molecular weight excluding hydrogens is 251 g/mol. The minimum absolute atomic E-state index is 0.00439. The summed E-state index contributed by atoms with van der Waals surface area (Å²) < 4.78 is 18.3. The van der Waals surface area contributed by atoms with Gasteiger partial charge in [0.1, 0.15) is 5.82 Å². The molecule has 98 valence electrons. The van der Waals surface area contributed by atoms with Crippen LogP contribution in [0, 0.1) is 5.82 Å². The molecule has 0 spiro atoms. The van der Waals surface area contributed by atoms with Gasteiger partial charge in [-0.25, -0.2) is 4.39 Å². The Hall–Kier alpha value is -2.63. The zero-order chi connectivity index (χ0) is 13.8. The zero-order valence-electron chi connectivity index (χ0n) is 10.1. The zero-order valence-corrected chi connectivity index (χ0v) is 10.1. The number of benzene rings is 1. The van der Waals surface area contributed by atoms with Gasteiger partial charge in [-0.3, -0.25) is 9.59 Å². The lowest BCUT2D eigenvalue weighted by atomic mass is 10.2. The summed E-state index contributed by atoms with van der Waals surface area (Å²) in [5, 5.41) is 4.87. The number of carbonyl (C=O) groups excluding carboxylic acids is 2. The SMILES string of the molecule is CC(=O)Nc1cc(NC(=O)c2ccco2)ccc1F. The molecule has 0 aliphatic carbocycles. The fraction of sp³-hybridized carbons (Fsp3) is 0.0769. The summed E-state index contributed by atoms with van der Waals surface area (Å²) in [6.45, 7) is 1.27. The molecule has 0 saturated heterocycles. The van der Waals surface area contributed by atoms with Gasteiger partial charge >= 0.3 is 0 Å². The molecule has 5 nitrogen and oxygen atoms in total. The smallest absolute Gasteiger partial charge is 0.291 e. The van der Waals surface area contributed by atoms with Gasteiger partial charge in [-0.2, -0.15) is 0 Å². The van der Waals surface area contributed by atoms with Crippen molar-refractivity contribution in [3.05, 3.63) is 48.2 Å². The third-order valence-corrected chi connectivity index (χ3v) is 2.28. The van der Waals surface area contributed by atoms with Crippen LogP contribution in [0.1, 0.15) is 17.5 Å². The molecule has 2 N–H and O–H groups in total. The van der Waals surface area contributed by atoms with E-state index in [1.807, 2.05) is 0 Å². The Kier molecular flexibility index (Phi) is 3.61. The van der Waals surface area contributed by atoms with E-state index in [0.29, 0.717) is 5.69 Å². The molecule has 0 saturated carbocycles. The van der Waals surface area contributed by atoms with E-state index in [2.05, 4.69) is 10.6 Å². The van der Waals surface area contributed by atoms with E-state index in [1.54, 1.807) is 6.07 Å². The maximum atomic E-state index is 13.4. The Balaban J connectivity index is 2.17. The van der Waals surface area contributed by atoms with Gasteiger partial charge in [0.05, 0.1) is 12.0 Å². The summed E-state index contributed by atoms with van der Waals surface area (Å²) in [7, 11) is 0. The lowest BCUT2D eigenvalue weighted by molar-refractivity contribution is -0.114. The quantitative estimate of drug-likeness (QED) is 0.893. The van der Waals surface area contributed by atoms with Crippen LogP contribution in [0.2, 0.25) is 0 Å². The minimum Gasteiger partial charge on any atom is -0.459 e. The molecule has 2 aromatic rings. The largest absolute Gasteiger partial charge is 0.459 e. The average molecular weight is 262 g/mol. The molecule has 0 atom stereocenters. The lowest BCUT2D eigenvalue weighted by Crippen LogP contribution is -2.12. The first kappa shape index (κ1) is 12.8. The summed E-state index contributed by atoms with van der Waals surface area (Å²) in [6.07, 6.45) is 1.38. The topological polar surface area (TPSA) is 71.3 Å². The second-order valence-corrected chi connectivity index (χ2v) is 3.81. The monoisotopic (exact) mass is 262 g/mol. The Morgan fingerprint density at radius 1 is 1.21 bits per heavy atom. The van der Waals surface area contributed by atoms with E-state index in [4.69, 9.17) is 4.42 Å². The van der Waals surface area contributed by atoms with Crippen molar-refractivity contribution in [3.8, 4) is 0 Å². The molecule has 2 rings (SSSR count). The number of furan rings is 1. The molecule has 0 aliphatic rings. The van der Waals surface area contributed by atoms with Gasteiger partial charge < -0.3 is 15.1 Å².